The van der Waals surface area contributed by atoms with Crippen LogP contribution in [0.15, 0.2) is 58.4 Å². The lowest BCUT2D eigenvalue weighted by Gasteiger charge is -2.10. The maximum Gasteiger partial charge on any atom is 0.416 e. The number of fused-ring (bicyclic) bond motifs is 1. The number of nitrogens with one attached hydrogen (secondary N) is 1. The SMILES string of the molecule is O=C(NCCn1ncc2c(=O)n(Cc3cccc(C(F)(F)F)c3)cnc21)c1ccno1. The minimum absolute atomic E-state index is 0.0654. The first-order valence-electron chi connectivity index (χ1n) is 9.09. The van der Waals surface area contributed by atoms with E-state index in [1.165, 1.54) is 46.2 Å². The number of rotatable bonds is 6. The van der Waals surface area contributed by atoms with Crippen molar-refractivity contribution < 1.29 is 22.5 Å². The van der Waals surface area contributed by atoms with E-state index in [0.29, 0.717) is 11.2 Å². The van der Waals surface area contributed by atoms with Crippen molar-refractivity contribution in [2.45, 2.75) is 19.3 Å². The average Bonchev–Trinajstić information content (AvgIpc) is 3.40. The van der Waals surface area contributed by atoms with Crippen LogP contribution in [0, 0.1) is 0 Å². The third-order valence-corrected chi connectivity index (χ3v) is 4.50. The van der Waals surface area contributed by atoms with Crippen molar-refractivity contribution in [2.24, 2.45) is 0 Å². The second-order valence-corrected chi connectivity index (χ2v) is 6.61. The predicted octanol–water partition coefficient (Wildman–Crippen LogP) is 2.08. The molecule has 4 rings (SSSR count). The van der Waals surface area contributed by atoms with Crippen LogP contribution < -0.4 is 10.9 Å². The van der Waals surface area contributed by atoms with Gasteiger partial charge in [0.05, 0.1) is 31.0 Å². The average molecular weight is 432 g/mol. The molecule has 0 aliphatic carbocycles. The van der Waals surface area contributed by atoms with Crippen LogP contribution in [0.2, 0.25) is 0 Å². The molecular formula is C19H15F3N6O3. The van der Waals surface area contributed by atoms with Crippen molar-refractivity contribution >= 4 is 16.9 Å². The quantitative estimate of drug-likeness (QED) is 0.500. The van der Waals surface area contributed by atoms with Crippen LogP contribution in [0.5, 0.6) is 0 Å². The van der Waals surface area contributed by atoms with Gasteiger partial charge in [0.1, 0.15) is 11.7 Å². The summed E-state index contributed by atoms with van der Waals surface area (Å²) in [6.45, 7) is 0.378. The van der Waals surface area contributed by atoms with Crippen LogP contribution in [0.3, 0.4) is 0 Å². The molecule has 0 bridgehead atoms. The van der Waals surface area contributed by atoms with Gasteiger partial charge in [-0.2, -0.15) is 18.3 Å². The lowest BCUT2D eigenvalue weighted by atomic mass is 10.1. The third kappa shape index (κ3) is 4.32. The standard InChI is InChI=1S/C19H15F3N6O3/c20-19(21,22)13-3-1-2-12(8-13)10-27-11-24-16-14(18(27)30)9-25-28(16)7-6-23-17(29)15-4-5-26-31-15/h1-5,8-9,11H,6-7,10H2,(H,23,29). The van der Waals surface area contributed by atoms with E-state index >= 15 is 0 Å². The number of halogens is 3. The molecular weight excluding hydrogens is 417 g/mol. The molecule has 31 heavy (non-hydrogen) atoms. The van der Waals surface area contributed by atoms with E-state index < -0.39 is 23.2 Å². The molecule has 1 amide bonds. The van der Waals surface area contributed by atoms with E-state index in [2.05, 4.69) is 20.6 Å². The van der Waals surface area contributed by atoms with Crippen LogP contribution in [0.25, 0.3) is 11.0 Å². The molecule has 0 aliphatic heterocycles. The molecule has 1 aromatic carbocycles. The Hall–Kier alpha value is -3.96. The van der Waals surface area contributed by atoms with Crippen LogP contribution in [-0.2, 0) is 19.3 Å². The molecule has 4 aromatic rings. The van der Waals surface area contributed by atoms with Crippen LogP contribution in [0.1, 0.15) is 21.7 Å². The summed E-state index contributed by atoms with van der Waals surface area (Å²) in [6, 6.07) is 6.19. The van der Waals surface area contributed by atoms with Crippen molar-refractivity contribution in [3.8, 4) is 0 Å². The van der Waals surface area contributed by atoms with Gasteiger partial charge in [0, 0.05) is 12.6 Å². The molecule has 3 aromatic heterocycles. The summed E-state index contributed by atoms with van der Waals surface area (Å²) in [5.74, 6) is -0.369. The molecule has 160 valence electrons. The van der Waals surface area contributed by atoms with Gasteiger partial charge in [-0.15, -0.1) is 0 Å². The molecule has 1 N–H and O–H groups in total. The zero-order chi connectivity index (χ0) is 22.0. The smallest absolute Gasteiger partial charge is 0.351 e. The minimum Gasteiger partial charge on any atom is -0.351 e. The van der Waals surface area contributed by atoms with Crippen molar-refractivity contribution in [1.82, 2.24) is 29.8 Å². The molecule has 12 heteroatoms. The summed E-state index contributed by atoms with van der Waals surface area (Å²) >= 11 is 0. The first-order chi connectivity index (χ1) is 14.8. The van der Waals surface area contributed by atoms with Crippen molar-refractivity contribution in [2.75, 3.05) is 6.54 Å². The lowest BCUT2D eigenvalue weighted by Crippen LogP contribution is -2.27. The molecule has 0 unspecified atom stereocenters. The molecule has 3 heterocycles. The third-order valence-electron chi connectivity index (χ3n) is 4.50. The van der Waals surface area contributed by atoms with E-state index in [1.54, 1.807) is 0 Å². The fraction of sp³-hybridized carbons (Fsp3) is 0.211. The minimum atomic E-state index is -4.47. The predicted molar refractivity (Wildman–Crippen MR) is 101 cm³/mol. The Morgan fingerprint density at radius 1 is 1.23 bits per heavy atom. The van der Waals surface area contributed by atoms with Gasteiger partial charge in [0.25, 0.3) is 11.5 Å². The first-order valence-corrected chi connectivity index (χ1v) is 9.09. The number of alkyl halides is 3. The van der Waals surface area contributed by atoms with Crippen LogP contribution >= 0.6 is 0 Å². The zero-order valence-electron chi connectivity index (χ0n) is 15.8. The molecule has 0 saturated heterocycles. The number of aromatic nitrogens is 5. The molecule has 0 atom stereocenters. The molecule has 0 spiro atoms. The Morgan fingerprint density at radius 2 is 2.06 bits per heavy atom. The number of amides is 1. The van der Waals surface area contributed by atoms with Gasteiger partial charge in [-0.3, -0.25) is 14.2 Å². The zero-order valence-corrected chi connectivity index (χ0v) is 15.8. The normalized spacial score (nSPS) is 11.7. The Kier molecular flexibility index (Phi) is 5.28. The maximum absolute atomic E-state index is 12.9. The lowest BCUT2D eigenvalue weighted by molar-refractivity contribution is -0.137. The number of hydrogen-bond acceptors (Lipinski definition) is 6. The second-order valence-electron chi connectivity index (χ2n) is 6.61. The highest BCUT2D eigenvalue weighted by atomic mass is 19.4. The highest BCUT2D eigenvalue weighted by Crippen LogP contribution is 2.29. The van der Waals surface area contributed by atoms with Crippen molar-refractivity contribution in [3.05, 3.63) is 76.3 Å². The number of hydrogen-bond donors (Lipinski definition) is 1. The molecule has 0 fully saturated rings. The first kappa shape index (κ1) is 20.3. The van der Waals surface area contributed by atoms with Crippen molar-refractivity contribution in [1.29, 1.82) is 0 Å². The van der Waals surface area contributed by atoms with E-state index in [1.807, 2.05) is 0 Å². The van der Waals surface area contributed by atoms with Gasteiger partial charge in [0.2, 0.25) is 5.76 Å². The summed E-state index contributed by atoms with van der Waals surface area (Å²) < 4.78 is 46.1. The van der Waals surface area contributed by atoms with E-state index in [4.69, 9.17) is 4.52 Å². The largest absolute Gasteiger partial charge is 0.416 e. The van der Waals surface area contributed by atoms with E-state index in [9.17, 15) is 22.8 Å². The number of carbonyl (C=O) groups is 1. The van der Waals surface area contributed by atoms with Crippen LogP contribution in [-0.4, -0.2) is 36.9 Å². The molecule has 0 saturated carbocycles. The number of carbonyl (C=O) groups excluding carboxylic acids is 1. The summed E-state index contributed by atoms with van der Waals surface area (Å²) in [6.07, 6.45) is -0.515. The maximum atomic E-state index is 12.9. The van der Waals surface area contributed by atoms with Gasteiger partial charge in [-0.1, -0.05) is 17.3 Å². The van der Waals surface area contributed by atoms with Gasteiger partial charge in [0.15, 0.2) is 5.65 Å². The Bertz CT molecular complexity index is 1280. The summed E-state index contributed by atoms with van der Waals surface area (Å²) in [5, 5.41) is 10.4. The Balaban J connectivity index is 1.49. The van der Waals surface area contributed by atoms with E-state index in [0.717, 1.165) is 12.1 Å². The molecule has 0 radical (unpaired) electrons. The highest BCUT2D eigenvalue weighted by Gasteiger charge is 2.30. The van der Waals surface area contributed by atoms with Gasteiger partial charge in [-0.05, 0) is 17.7 Å². The second kappa shape index (κ2) is 8.05. The number of benzene rings is 1. The fourth-order valence-electron chi connectivity index (χ4n) is 3.01. The summed E-state index contributed by atoms with van der Waals surface area (Å²) in [5.41, 5.74) is -0.591. The van der Waals surface area contributed by atoms with Gasteiger partial charge in [-0.25, -0.2) is 9.67 Å². The Labute approximate surface area is 172 Å². The van der Waals surface area contributed by atoms with Crippen LogP contribution in [0.4, 0.5) is 13.2 Å². The summed E-state index contributed by atoms with van der Waals surface area (Å²) in [7, 11) is 0. The van der Waals surface area contributed by atoms with Gasteiger partial charge < -0.3 is 9.84 Å². The van der Waals surface area contributed by atoms with E-state index in [-0.39, 0.29) is 30.8 Å². The van der Waals surface area contributed by atoms with Crippen molar-refractivity contribution in [3.63, 3.8) is 0 Å². The summed E-state index contributed by atoms with van der Waals surface area (Å²) in [4.78, 5) is 28.8. The fourth-order valence-corrected chi connectivity index (χ4v) is 3.01. The number of nitrogens with zero attached hydrogens (tertiary/aromatic N) is 5. The van der Waals surface area contributed by atoms with Gasteiger partial charge >= 0.3 is 6.18 Å². The Morgan fingerprint density at radius 3 is 2.81 bits per heavy atom. The molecule has 9 nitrogen and oxygen atoms in total. The highest BCUT2D eigenvalue weighted by molar-refractivity contribution is 5.91. The monoisotopic (exact) mass is 432 g/mol. The molecule has 0 aliphatic rings. The topological polar surface area (TPSA) is 108 Å².